The molecule has 1 saturated carbocycles. The number of rotatable bonds is 3. The number of carbonyl (C=O) groups is 2. The molecule has 2 atom stereocenters. The third-order valence-corrected chi connectivity index (χ3v) is 7.50. The van der Waals surface area contributed by atoms with Gasteiger partial charge in [-0.2, -0.15) is 0 Å². The summed E-state index contributed by atoms with van der Waals surface area (Å²) in [5.41, 5.74) is 2.01. The molecule has 0 spiro atoms. The zero-order chi connectivity index (χ0) is 20.0. The molecule has 3 aliphatic rings. The van der Waals surface area contributed by atoms with E-state index in [-0.39, 0.29) is 5.91 Å². The third-order valence-electron chi connectivity index (χ3n) is 7.50. The van der Waals surface area contributed by atoms with E-state index in [1.165, 1.54) is 24.8 Å². The minimum atomic E-state index is 0.138. The predicted octanol–water partition coefficient (Wildman–Crippen LogP) is 4.26. The first kappa shape index (κ1) is 18.7. The first-order valence-corrected chi connectivity index (χ1v) is 11.2. The quantitative estimate of drug-likeness (QED) is 0.786. The molecular formula is C25H30N2O2. The van der Waals surface area contributed by atoms with Crippen LogP contribution in [0.5, 0.6) is 0 Å². The topological polar surface area (TPSA) is 40.6 Å². The average molecular weight is 391 g/mol. The number of aryl methyl sites for hydroxylation is 1. The fourth-order valence-corrected chi connectivity index (χ4v) is 5.44. The minimum Gasteiger partial charge on any atom is -0.342 e. The summed E-state index contributed by atoms with van der Waals surface area (Å²) >= 11 is 0. The van der Waals surface area contributed by atoms with Crippen LogP contribution in [0, 0.1) is 24.7 Å². The standard InChI is InChI=1S/C25H30N2O2/c1-17-9-10-23(22-8-3-2-7-21(17)22)25(29)26-12-11-19-14-27(16-20(19)15-26)24(28)13-18-5-4-6-18/h2-3,7-10,18-20H,4-6,11-16H2,1H3/t19-,20+/m1/s1. The summed E-state index contributed by atoms with van der Waals surface area (Å²) in [5, 5.41) is 2.20. The Hall–Kier alpha value is -2.36. The molecule has 2 aromatic carbocycles. The van der Waals surface area contributed by atoms with Gasteiger partial charge in [0.15, 0.2) is 0 Å². The summed E-state index contributed by atoms with van der Waals surface area (Å²) in [6, 6.07) is 12.2. The number of benzene rings is 2. The molecule has 152 valence electrons. The first-order valence-electron chi connectivity index (χ1n) is 11.2. The van der Waals surface area contributed by atoms with Crippen molar-refractivity contribution in [2.75, 3.05) is 26.2 Å². The number of amides is 2. The lowest BCUT2D eigenvalue weighted by molar-refractivity contribution is -0.132. The van der Waals surface area contributed by atoms with E-state index in [1.807, 2.05) is 23.1 Å². The Kier molecular flexibility index (Phi) is 4.81. The molecule has 3 fully saturated rings. The van der Waals surface area contributed by atoms with Crippen molar-refractivity contribution in [3.05, 3.63) is 47.5 Å². The molecule has 5 rings (SSSR count). The maximum absolute atomic E-state index is 13.4. The molecule has 2 amide bonds. The zero-order valence-electron chi connectivity index (χ0n) is 17.3. The molecule has 1 aliphatic carbocycles. The maximum atomic E-state index is 13.4. The van der Waals surface area contributed by atoms with Crippen molar-refractivity contribution in [2.45, 2.75) is 39.0 Å². The Balaban J connectivity index is 1.29. The number of nitrogens with zero attached hydrogens (tertiary/aromatic N) is 2. The van der Waals surface area contributed by atoms with Crippen LogP contribution in [0.25, 0.3) is 10.8 Å². The molecule has 2 aliphatic heterocycles. The monoisotopic (exact) mass is 390 g/mol. The molecule has 2 saturated heterocycles. The second-order valence-electron chi connectivity index (χ2n) is 9.34. The van der Waals surface area contributed by atoms with E-state index in [9.17, 15) is 9.59 Å². The Morgan fingerprint density at radius 2 is 1.62 bits per heavy atom. The van der Waals surface area contributed by atoms with Crippen LogP contribution in [0.3, 0.4) is 0 Å². The summed E-state index contributed by atoms with van der Waals surface area (Å²) in [6.45, 7) is 5.39. The molecule has 0 unspecified atom stereocenters. The van der Waals surface area contributed by atoms with Crippen molar-refractivity contribution in [3.63, 3.8) is 0 Å². The molecule has 0 radical (unpaired) electrons. The van der Waals surface area contributed by atoms with E-state index in [0.29, 0.717) is 23.7 Å². The van der Waals surface area contributed by atoms with Crippen molar-refractivity contribution in [3.8, 4) is 0 Å². The summed E-state index contributed by atoms with van der Waals surface area (Å²) < 4.78 is 0. The second kappa shape index (κ2) is 7.47. The van der Waals surface area contributed by atoms with Crippen LogP contribution >= 0.6 is 0 Å². The average Bonchev–Trinajstić information content (AvgIpc) is 3.14. The molecule has 4 heteroatoms. The number of likely N-dealkylation sites (tertiary alicyclic amines) is 2. The lowest BCUT2D eigenvalue weighted by Gasteiger charge is -2.34. The summed E-state index contributed by atoms with van der Waals surface area (Å²) in [5.74, 6) is 2.08. The number of hydrogen-bond donors (Lipinski definition) is 0. The molecule has 2 aromatic rings. The third kappa shape index (κ3) is 3.43. The van der Waals surface area contributed by atoms with Crippen LogP contribution in [0.2, 0.25) is 0 Å². The van der Waals surface area contributed by atoms with Gasteiger partial charge in [0, 0.05) is 38.2 Å². The van der Waals surface area contributed by atoms with Gasteiger partial charge in [0.25, 0.3) is 5.91 Å². The Bertz CT molecular complexity index is 949. The summed E-state index contributed by atoms with van der Waals surface area (Å²) in [4.78, 5) is 30.1. The number of hydrogen-bond acceptors (Lipinski definition) is 2. The van der Waals surface area contributed by atoms with Gasteiger partial charge in [0.1, 0.15) is 0 Å². The highest BCUT2D eigenvalue weighted by atomic mass is 16.2. The Labute approximate surface area is 172 Å². The SMILES string of the molecule is Cc1ccc(C(=O)N2CC[C@@H]3CN(C(=O)CC4CCC4)C[C@@H]3C2)c2ccccc12. The van der Waals surface area contributed by atoms with Crippen molar-refractivity contribution in [1.29, 1.82) is 0 Å². The highest BCUT2D eigenvalue weighted by molar-refractivity contribution is 6.07. The predicted molar refractivity (Wildman–Crippen MR) is 115 cm³/mol. The number of carbonyl (C=O) groups excluding carboxylic acids is 2. The minimum absolute atomic E-state index is 0.138. The van der Waals surface area contributed by atoms with Gasteiger partial charge in [0.2, 0.25) is 5.91 Å². The van der Waals surface area contributed by atoms with Gasteiger partial charge in [0.05, 0.1) is 0 Å². The Morgan fingerprint density at radius 3 is 2.38 bits per heavy atom. The van der Waals surface area contributed by atoms with Crippen LogP contribution < -0.4 is 0 Å². The van der Waals surface area contributed by atoms with Gasteiger partial charge in [-0.3, -0.25) is 9.59 Å². The number of fused-ring (bicyclic) bond motifs is 2. The first-order chi connectivity index (χ1) is 14.1. The van der Waals surface area contributed by atoms with E-state index in [1.54, 1.807) is 0 Å². The van der Waals surface area contributed by atoms with Crippen LogP contribution in [-0.2, 0) is 4.79 Å². The summed E-state index contributed by atoms with van der Waals surface area (Å²) in [6.07, 6.45) is 5.47. The lowest BCUT2D eigenvalue weighted by Crippen LogP contribution is -2.43. The van der Waals surface area contributed by atoms with Crippen molar-refractivity contribution >= 4 is 22.6 Å². The van der Waals surface area contributed by atoms with Crippen molar-refractivity contribution < 1.29 is 9.59 Å². The van der Waals surface area contributed by atoms with Crippen molar-refractivity contribution in [2.24, 2.45) is 17.8 Å². The van der Waals surface area contributed by atoms with E-state index < -0.39 is 0 Å². The molecule has 0 bridgehead atoms. The molecule has 4 nitrogen and oxygen atoms in total. The Morgan fingerprint density at radius 1 is 0.897 bits per heavy atom. The van der Waals surface area contributed by atoms with Crippen LogP contribution in [0.4, 0.5) is 0 Å². The van der Waals surface area contributed by atoms with Gasteiger partial charge in [-0.25, -0.2) is 0 Å². The highest BCUT2D eigenvalue weighted by Gasteiger charge is 2.40. The normalized spacial score (nSPS) is 24.4. The van der Waals surface area contributed by atoms with Crippen LogP contribution in [-0.4, -0.2) is 47.8 Å². The van der Waals surface area contributed by atoms with Gasteiger partial charge in [-0.1, -0.05) is 36.8 Å². The van der Waals surface area contributed by atoms with E-state index in [4.69, 9.17) is 0 Å². The highest BCUT2D eigenvalue weighted by Crippen LogP contribution is 2.35. The van der Waals surface area contributed by atoms with Gasteiger partial charge in [-0.15, -0.1) is 0 Å². The number of piperidine rings is 1. The van der Waals surface area contributed by atoms with Crippen LogP contribution in [0.15, 0.2) is 36.4 Å². The molecule has 29 heavy (non-hydrogen) atoms. The van der Waals surface area contributed by atoms with Gasteiger partial charge in [-0.05, 0) is 66.3 Å². The van der Waals surface area contributed by atoms with Crippen molar-refractivity contribution in [1.82, 2.24) is 9.80 Å². The smallest absolute Gasteiger partial charge is 0.254 e. The zero-order valence-corrected chi connectivity index (χ0v) is 17.3. The molecule has 0 aromatic heterocycles. The summed E-state index contributed by atoms with van der Waals surface area (Å²) in [7, 11) is 0. The second-order valence-corrected chi connectivity index (χ2v) is 9.34. The fraction of sp³-hybridized carbons (Fsp3) is 0.520. The molecule has 0 N–H and O–H groups in total. The molecular weight excluding hydrogens is 360 g/mol. The van der Waals surface area contributed by atoms with Crippen LogP contribution in [0.1, 0.15) is 48.0 Å². The van der Waals surface area contributed by atoms with Gasteiger partial charge < -0.3 is 9.80 Å². The van der Waals surface area contributed by atoms with Gasteiger partial charge >= 0.3 is 0 Å². The largest absolute Gasteiger partial charge is 0.342 e. The van der Waals surface area contributed by atoms with E-state index >= 15 is 0 Å². The van der Waals surface area contributed by atoms with E-state index in [2.05, 4.69) is 30.0 Å². The lowest BCUT2D eigenvalue weighted by atomic mass is 9.83. The fourth-order valence-electron chi connectivity index (χ4n) is 5.44. The van der Waals surface area contributed by atoms with E-state index in [0.717, 1.165) is 55.4 Å². The maximum Gasteiger partial charge on any atom is 0.254 e. The molecule has 2 heterocycles.